The lowest BCUT2D eigenvalue weighted by atomic mass is 9.93. The maximum Gasteiger partial charge on any atom is 0.407 e. The second-order valence-electron chi connectivity index (χ2n) is 6.78. The van der Waals surface area contributed by atoms with E-state index < -0.39 is 5.60 Å². The Morgan fingerprint density at radius 3 is 2.20 bits per heavy atom. The summed E-state index contributed by atoms with van der Waals surface area (Å²) in [6.45, 7) is 7.52. The number of ether oxygens (including phenoxy) is 1. The van der Waals surface area contributed by atoms with E-state index in [1.54, 1.807) is 0 Å². The van der Waals surface area contributed by atoms with E-state index in [1.165, 1.54) is 51.5 Å². The van der Waals surface area contributed by atoms with Crippen LogP contribution in [0.1, 0.15) is 72.1 Å². The maximum absolute atomic E-state index is 11.4. The number of unbranched alkanes of at least 4 members (excludes halogenated alkanes) is 4. The zero-order chi connectivity index (χ0) is 14.8. The van der Waals surface area contributed by atoms with Crippen molar-refractivity contribution in [1.29, 1.82) is 0 Å². The van der Waals surface area contributed by atoms with Gasteiger partial charge < -0.3 is 15.4 Å². The van der Waals surface area contributed by atoms with Gasteiger partial charge in [-0.15, -0.1) is 0 Å². The highest BCUT2D eigenvalue weighted by Crippen LogP contribution is 2.17. The Hall–Kier alpha value is -0.770. The molecule has 0 aromatic heterocycles. The van der Waals surface area contributed by atoms with E-state index in [-0.39, 0.29) is 6.09 Å². The highest BCUT2D eigenvalue weighted by atomic mass is 16.6. The van der Waals surface area contributed by atoms with Gasteiger partial charge in [0.1, 0.15) is 5.60 Å². The van der Waals surface area contributed by atoms with Crippen molar-refractivity contribution in [3.63, 3.8) is 0 Å². The zero-order valence-electron chi connectivity index (χ0n) is 13.5. The highest BCUT2D eigenvalue weighted by Gasteiger charge is 2.16. The molecule has 2 N–H and O–H groups in total. The SMILES string of the molecule is CC(C)(C)OC(=O)NCCCCCCCNC1CCC1. The van der Waals surface area contributed by atoms with Gasteiger partial charge in [0.2, 0.25) is 0 Å². The molecule has 0 unspecified atom stereocenters. The van der Waals surface area contributed by atoms with E-state index in [4.69, 9.17) is 4.74 Å². The van der Waals surface area contributed by atoms with E-state index in [2.05, 4.69) is 10.6 Å². The summed E-state index contributed by atoms with van der Waals surface area (Å²) in [5.41, 5.74) is -0.405. The van der Waals surface area contributed by atoms with Crippen molar-refractivity contribution in [2.45, 2.75) is 83.8 Å². The van der Waals surface area contributed by atoms with Crippen LogP contribution in [0.3, 0.4) is 0 Å². The molecular weight excluding hydrogens is 252 g/mol. The van der Waals surface area contributed by atoms with Crippen LogP contribution in [0.4, 0.5) is 4.79 Å². The monoisotopic (exact) mass is 284 g/mol. The molecule has 1 amide bonds. The Bertz CT molecular complexity index is 270. The second-order valence-corrected chi connectivity index (χ2v) is 6.78. The molecule has 0 atom stereocenters. The predicted octanol–water partition coefficient (Wildman–Crippen LogP) is 3.60. The van der Waals surface area contributed by atoms with Gasteiger partial charge in [-0.3, -0.25) is 0 Å². The normalized spacial score (nSPS) is 15.8. The van der Waals surface area contributed by atoms with Crippen molar-refractivity contribution < 1.29 is 9.53 Å². The van der Waals surface area contributed by atoms with Crippen molar-refractivity contribution in [1.82, 2.24) is 10.6 Å². The van der Waals surface area contributed by atoms with Gasteiger partial charge >= 0.3 is 6.09 Å². The van der Waals surface area contributed by atoms with Crippen LogP contribution < -0.4 is 10.6 Å². The van der Waals surface area contributed by atoms with Gasteiger partial charge in [0.15, 0.2) is 0 Å². The molecule has 1 saturated carbocycles. The first-order valence-electron chi connectivity index (χ1n) is 8.17. The van der Waals surface area contributed by atoms with Crippen LogP contribution in [0.25, 0.3) is 0 Å². The van der Waals surface area contributed by atoms with Crippen molar-refractivity contribution in [2.75, 3.05) is 13.1 Å². The molecule has 0 aromatic carbocycles. The number of rotatable bonds is 9. The largest absolute Gasteiger partial charge is 0.444 e. The minimum atomic E-state index is -0.405. The summed E-state index contributed by atoms with van der Waals surface area (Å²) in [4.78, 5) is 11.4. The molecule has 4 heteroatoms. The van der Waals surface area contributed by atoms with Gasteiger partial charge in [-0.25, -0.2) is 4.79 Å². The number of alkyl carbamates (subject to hydrolysis) is 1. The number of carbonyl (C=O) groups is 1. The van der Waals surface area contributed by atoms with Crippen LogP contribution in [0.5, 0.6) is 0 Å². The minimum Gasteiger partial charge on any atom is -0.444 e. The van der Waals surface area contributed by atoms with Crippen LogP contribution in [0.2, 0.25) is 0 Å². The number of hydrogen-bond donors (Lipinski definition) is 2. The quantitative estimate of drug-likeness (QED) is 0.636. The number of hydrogen-bond acceptors (Lipinski definition) is 3. The summed E-state index contributed by atoms with van der Waals surface area (Å²) in [6.07, 6.45) is 9.87. The Balaban J connectivity index is 1.78. The van der Waals surface area contributed by atoms with Crippen molar-refractivity contribution in [3.8, 4) is 0 Å². The molecule has 1 aliphatic carbocycles. The summed E-state index contributed by atoms with van der Waals surface area (Å²) in [7, 11) is 0. The van der Waals surface area contributed by atoms with Gasteiger partial charge in [-0.2, -0.15) is 0 Å². The summed E-state index contributed by atoms with van der Waals surface area (Å²) in [6, 6.07) is 0.813. The molecule has 0 heterocycles. The Labute approximate surface area is 124 Å². The molecule has 1 rings (SSSR count). The van der Waals surface area contributed by atoms with Crippen LogP contribution in [-0.4, -0.2) is 30.8 Å². The summed E-state index contributed by atoms with van der Waals surface area (Å²) in [5.74, 6) is 0. The number of carbonyl (C=O) groups excluding carboxylic acids is 1. The average Bonchev–Trinajstić information content (AvgIpc) is 2.26. The topological polar surface area (TPSA) is 50.4 Å². The third-order valence-electron chi connectivity index (χ3n) is 3.56. The molecule has 0 saturated heterocycles. The first kappa shape index (κ1) is 17.3. The van der Waals surface area contributed by atoms with Crippen molar-refractivity contribution in [3.05, 3.63) is 0 Å². The highest BCUT2D eigenvalue weighted by molar-refractivity contribution is 5.67. The first-order chi connectivity index (χ1) is 9.47. The molecule has 4 nitrogen and oxygen atoms in total. The predicted molar refractivity (Wildman–Crippen MR) is 83.0 cm³/mol. The van der Waals surface area contributed by atoms with Gasteiger partial charge in [0.25, 0.3) is 0 Å². The van der Waals surface area contributed by atoms with Crippen LogP contribution in [0, 0.1) is 0 Å². The zero-order valence-corrected chi connectivity index (χ0v) is 13.5. The molecule has 1 aliphatic rings. The Morgan fingerprint density at radius 1 is 1.05 bits per heavy atom. The maximum atomic E-state index is 11.4. The molecule has 0 aliphatic heterocycles. The molecule has 0 bridgehead atoms. The summed E-state index contributed by atoms with van der Waals surface area (Å²) >= 11 is 0. The average molecular weight is 284 g/mol. The molecule has 20 heavy (non-hydrogen) atoms. The van der Waals surface area contributed by atoms with Gasteiger partial charge in [0.05, 0.1) is 0 Å². The molecular formula is C16H32N2O2. The van der Waals surface area contributed by atoms with Crippen molar-refractivity contribution >= 4 is 6.09 Å². The van der Waals surface area contributed by atoms with Gasteiger partial charge in [-0.1, -0.05) is 25.7 Å². The fraction of sp³-hybridized carbons (Fsp3) is 0.938. The lowest BCUT2D eigenvalue weighted by Gasteiger charge is -2.26. The standard InChI is InChI=1S/C16H32N2O2/c1-16(2,3)20-15(19)18-13-8-6-4-5-7-12-17-14-10-9-11-14/h14,17H,4-13H2,1-3H3,(H,18,19). The molecule has 0 aromatic rings. The fourth-order valence-electron chi connectivity index (χ4n) is 2.20. The molecule has 118 valence electrons. The van der Waals surface area contributed by atoms with Crippen molar-refractivity contribution in [2.24, 2.45) is 0 Å². The van der Waals surface area contributed by atoms with Gasteiger partial charge in [-0.05, 0) is 53.0 Å². The minimum absolute atomic E-state index is 0.304. The molecule has 1 fully saturated rings. The Morgan fingerprint density at radius 2 is 1.65 bits per heavy atom. The second kappa shape index (κ2) is 9.22. The van der Waals surface area contributed by atoms with E-state index in [0.29, 0.717) is 0 Å². The van der Waals surface area contributed by atoms with E-state index in [1.807, 2.05) is 20.8 Å². The molecule has 0 spiro atoms. The summed E-state index contributed by atoms with van der Waals surface area (Å²) in [5, 5.41) is 6.38. The fourth-order valence-corrected chi connectivity index (χ4v) is 2.20. The van der Waals surface area contributed by atoms with Crippen LogP contribution >= 0.6 is 0 Å². The number of amides is 1. The third-order valence-corrected chi connectivity index (χ3v) is 3.56. The number of nitrogens with one attached hydrogen (secondary N) is 2. The van der Waals surface area contributed by atoms with Crippen LogP contribution in [-0.2, 0) is 4.74 Å². The lowest BCUT2D eigenvalue weighted by molar-refractivity contribution is 0.0527. The van der Waals surface area contributed by atoms with Crippen LogP contribution in [0.15, 0.2) is 0 Å². The van der Waals surface area contributed by atoms with E-state index >= 15 is 0 Å². The lowest BCUT2D eigenvalue weighted by Crippen LogP contribution is -2.35. The smallest absolute Gasteiger partial charge is 0.407 e. The first-order valence-corrected chi connectivity index (χ1v) is 8.17. The van der Waals surface area contributed by atoms with E-state index in [9.17, 15) is 4.79 Å². The third kappa shape index (κ3) is 9.18. The molecule has 0 radical (unpaired) electrons. The Kier molecular flexibility index (Phi) is 7.97. The van der Waals surface area contributed by atoms with Gasteiger partial charge in [0, 0.05) is 12.6 Å². The van der Waals surface area contributed by atoms with E-state index in [0.717, 1.165) is 19.0 Å². The summed E-state index contributed by atoms with van der Waals surface area (Å²) < 4.78 is 5.18.